The molecule has 0 fully saturated rings. The van der Waals surface area contributed by atoms with Gasteiger partial charge in [-0.25, -0.2) is 20.0 Å². The van der Waals surface area contributed by atoms with E-state index in [9.17, 15) is 49.8 Å². The van der Waals surface area contributed by atoms with Gasteiger partial charge in [-0.1, -0.05) is 154 Å². The van der Waals surface area contributed by atoms with E-state index in [-0.39, 0.29) is 72.7 Å². The van der Waals surface area contributed by atoms with Gasteiger partial charge in [0, 0.05) is 117 Å². The van der Waals surface area contributed by atoms with Crippen LogP contribution in [-0.4, -0.2) is 76.6 Å². The Morgan fingerprint density at radius 3 is 1.22 bits per heavy atom. The zero-order valence-corrected chi connectivity index (χ0v) is 72.6. The van der Waals surface area contributed by atoms with E-state index >= 15 is 0 Å². The number of anilines is 8. The molecule has 14 N–H and O–H groups in total. The minimum atomic E-state index is -0.203. The van der Waals surface area contributed by atoms with Crippen molar-refractivity contribution in [2.75, 3.05) is 32.7 Å². The lowest BCUT2D eigenvalue weighted by Gasteiger charge is -2.18. The number of aryl methyl sites for hydroxylation is 4. The van der Waals surface area contributed by atoms with Crippen LogP contribution < -0.4 is 32.7 Å². The summed E-state index contributed by atoms with van der Waals surface area (Å²) in [5.74, 6) is -0.0416. The maximum atomic E-state index is 12.9. The molecule has 0 bridgehead atoms. The van der Waals surface area contributed by atoms with Gasteiger partial charge in [0.25, 0.3) is 0 Å². The molecule has 640 valence electrons. The van der Waals surface area contributed by atoms with E-state index in [0.29, 0.717) is 127 Å². The smallest absolute Gasteiger partial charge is 0.184 e. The van der Waals surface area contributed by atoms with Gasteiger partial charge in [0.15, 0.2) is 23.1 Å². The molecule has 24 heteroatoms. The first-order valence-corrected chi connectivity index (χ1v) is 41.8. The number of phenolic OH excluding ortho intramolecular Hbond substituents is 6. The zero-order chi connectivity index (χ0) is 90.7. The number of nitrogens with zero attached hydrogens (tertiary/aromatic N) is 4. The topological polar surface area (TPSA) is 339 Å². The number of nitrogens with one attached hydrogen (secondary N) is 4. The predicted molar refractivity (Wildman–Crippen MR) is 519 cm³/mol. The number of halogens is 4. The molecular formula is C104H86Cl4N10O10. The van der Waals surface area contributed by atoms with Crippen LogP contribution in [0.15, 0.2) is 363 Å². The van der Waals surface area contributed by atoms with Crippen LogP contribution in [0.5, 0.6) is 34.5 Å². The summed E-state index contributed by atoms with van der Waals surface area (Å²) >= 11 is 24.6. The van der Waals surface area contributed by atoms with E-state index in [0.717, 1.165) is 67.4 Å². The van der Waals surface area contributed by atoms with E-state index < -0.39 is 0 Å². The maximum absolute atomic E-state index is 12.9. The number of aromatic hydroxyl groups is 6. The Labute approximate surface area is 759 Å². The van der Waals surface area contributed by atoms with Crippen LogP contribution in [0.4, 0.5) is 68.2 Å². The fraction of sp³-hybridized carbons (Fsp3) is 0.0769. The molecule has 4 aliphatic rings. The molecule has 0 saturated carbocycles. The van der Waals surface area contributed by atoms with Crippen LogP contribution >= 0.6 is 46.4 Å². The lowest BCUT2D eigenvalue weighted by molar-refractivity contribution is -0.112. The van der Waals surface area contributed by atoms with Crippen LogP contribution in [0.2, 0.25) is 15.1 Å². The summed E-state index contributed by atoms with van der Waals surface area (Å²) in [5.41, 5.74) is 34.1. The highest BCUT2D eigenvalue weighted by molar-refractivity contribution is 6.48. The third-order valence-corrected chi connectivity index (χ3v) is 21.4. The summed E-state index contributed by atoms with van der Waals surface area (Å²) in [4.78, 5) is 67.6. The number of nitrogens with two attached hydrogens (primary N) is 2. The van der Waals surface area contributed by atoms with Crippen molar-refractivity contribution in [1.29, 1.82) is 0 Å². The normalized spacial score (nSPS) is 14.2. The van der Waals surface area contributed by atoms with Gasteiger partial charge < -0.3 is 63.4 Å². The molecule has 12 aromatic carbocycles. The molecule has 0 aromatic heterocycles. The maximum Gasteiger partial charge on any atom is 0.184 e. The van der Waals surface area contributed by atoms with Crippen molar-refractivity contribution in [1.82, 2.24) is 0 Å². The first-order valence-electron chi connectivity index (χ1n) is 40.3. The van der Waals surface area contributed by atoms with Crippen molar-refractivity contribution in [3.8, 4) is 34.5 Å². The number of hydrogen-bond acceptors (Lipinski definition) is 20. The Kier molecular flexibility index (Phi) is 29.6. The van der Waals surface area contributed by atoms with Crippen molar-refractivity contribution < 1.29 is 49.8 Å². The molecule has 128 heavy (non-hydrogen) atoms. The van der Waals surface area contributed by atoms with Gasteiger partial charge in [0.2, 0.25) is 0 Å². The summed E-state index contributed by atoms with van der Waals surface area (Å²) < 4.78 is 0. The average Bonchev–Trinajstić information content (AvgIpc) is 0.813. The molecule has 0 aliphatic heterocycles. The molecular weight excluding hydrogens is 1690 g/mol. The van der Waals surface area contributed by atoms with Crippen LogP contribution in [0.1, 0.15) is 55.6 Å². The first kappa shape index (κ1) is 90.4. The SMILES string of the molecule is Cc1ccc(NC2=CC(=O)C(Cc3ccc(N)cc3)=CC2=Nc2ccc(N)cc2)cc1.Cc1ccc(NC2=CC(=O)C(Cc3ccc(O)c(Cl)c3)=CC2=Nc2ccc(O)c(Cl)c2)cc1.Cc1ccc(Nc2cc(O)c(Cc3ccc(O)cc3)cc2N=C2C=CC(=O)C=C2)cc1.Cc1ccc(Nc2cc(O)c(Cc3ccc(O)cc3Cl)cc2N=C2C=CC(=O)C=C2Cl)cc1. The molecule has 0 saturated heterocycles. The number of phenols is 6. The van der Waals surface area contributed by atoms with Gasteiger partial charge in [-0.05, 0) is 250 Å². The fourth-order valence-corrected chi connectivity index (χ4v) is 14.0. The van der Waals surface area contributed by atoms with E-state index in [1.165, 1.54) is 54.1 Å². The van der Waals surface area contributed by atoms with Gasteiger partial charge >= 0.3 is 0 Å². The molecule has 0 radical (unpaired) electrons. The number of hydrogen-bond donors (Lipinski definition) is 12. The summed E-state index contributed by atoms with van der Waals surface area (Å²) in [5, 5.41) is 74.2. The number of rotatable bonds is 20. The number of ketones is 4. The van der Waals surface area contributed by atoms with Gasteiger partial charge in [-0.2, -0.15) is 0 Å². The summed E-state index contributed by atoms with van der Waals surface area (Å²) in [6.45, 7) is 8.06. The highest BCUT2D eigenvalue weighted by Gasteiger charge is 2.24. The number of nitrogen functional groups attached to an aromatic ring is 2. The predicted octanol–water partition coefficient (Wildman–Crippen LogP) is 23.7. The van der Waals surface area contributed by atoms with Gasteiger partial charge in [0.1, 0.15) is 34.5 Å². The number of carbonyl (C=O) groups is 4. The number of allylic oxidation sites excluding steroid dienone is 14. The molecule has 12 aromatic rings. The van der Waals surface area contributed by atoms with Gasteiger partial charge in [-0.15, -0.1) is 0 Å². The van der Waals surface area contributed by atoms with Gasteiger partial charge in [-0.3, -0.25) is 19.2 Å². The second-order valence-electron chi connectivity index (χ2n) is 30.4. The molecule has 0 amide bonds. The quantitative estimate of drug-likeness (QED) is 0.0249. The van der Waals surface area contributed by atoms with Crippen molar-refractivity contribution in [3.05, 3.63) is 414 Å². The molecule has 0 heterocycles. The minimum Gasteiger partial charge on any atom is -0.508 e. The Hall–Kier alpha value is -15.3. The van der Waals surface area contributed by atoms with Crippen LogP contribution in [-0.2, 0) is 44.9 Å². The minimum absolute atomic E-state index is 0.0136. The Bertz CT molecular complexity index is 6630. The highest BCUT2D eigenvalue weighted by atomic mass is 35.5. The largest absolute Gasteiger partial charge is 0.508 e. The number of benzene rings is 12. The average molecular weight is 1780 g/mol. The van der Waals surface area contributed by atoms with Crippen molar-refractivity contribution in [3.63, 3.8) is 0 Å². The van der Waals surface area contributed by atoms with Crippen molar-refractivity contribution in [2.45, 2.75) is 53.4 Å². The Morgan fingerprint density at radius 2 is 0.727 bits per heavy atom. The zero-order valence-electron chi connectivity index (χ0n) is 69.6. The molecule has 0 spiro atoms. The number of carbonyl (C=O) groups excluding carboxylic acids is 4. The summed E-state index contributed by atoms with van der Waals surface area (Å²) in [7, 11) is 0. The third kappa shape index (κ3) is 25.5. The molecule has 16 rings (SSSR count). The van der Waals surface area contributed by atoms with Crippen LogP contribution in [0, 0.1) is 27.7 Å². The Morgan fingerprint density at radius 1 is 0.312 bits per heavy atom. The molecule has 4 aliphatic carbocycles. The van der Waals surface area contributed by atoms with E-state index in [4.69, 9.17) is 67.9 Å². The van der Waals surface area contributed by atoms with Gasteiger partial charge in [0.05, 0.1) is 83.4 Å². The lowest BCUT2D eigenvalue weighted by Crippen LogP contribution is -2.19. The van der Waals surface area contributed by atoms with Crippen molar-refractivity contribution in [2.24, 2.45) is 20.0 Å². The second-order valence-corrected chi connectivity index (χ2v) is 32.0. The lowest BCUT2D eigenvalue weighted by atomic mass is 9.94. The molecule has 20 nitrogen and oxygen atoms in total. The molecule has 0 atom stereocenters. The second kappa shape index (κ2) is 41.9. The van der Waals surface area contributed by atoms with Crippen LogP contribution in [0.25, 0.3) is 0 Å². The fourth-order valence-electron chi connectivity index (χ4n) is 13.2. The van der Waals surface area contributed by atoms with Crippen molar-refractivity contribution >= 4 is 161 Å². The monoisotopic (exact) mass is 1770 g/mol. The third-order valence-electron chi connectivity index (χ3n) is 20.2. The van der Waals surface area contributed by atoms with E-state index in [2.05, 4.69) is 31.3 Å². The molecule has 0 unspecified atom stereocenters. The standard InChI is InChI=1S/2C26H20Cl2N2O3.C26H24N4O.C26H22N2O3/c1-15-2-5-18(6-3-15)29-23-14-26(33)17(10-16-4-8-24(31)20(27)11-16)12-22(23)30-19-7-9-25(32)21(28)13-19;1-15-2-5-18(6-3-15)29-25-14-26(33)17(10-16-4-7-19(31)12-21(16)27)11-24(25)30-23-9-8-20(32)13-22(23)28;1-17-2-10-22(11-3-17)30-25-16-26(31)19(14-18-4-6-20(27)7-5-18)15-24(25)29-23-12-8-21(28)9-13-23;1-17-2-6-20(7-3-17)28-25-16-26(31)19(14-18-4-10-22(29)11-5-18)15-24(25)27-21-8-12-23(30)13-9-21/h2-9,11-14,29,31-32H,10H2,1H3;2-9,11-14,29,31,33H,10H2,1H3;2-13,15-16,30H,14,27-28H2,1H3;2-13,15-16,28-29,31H,14H2,1H3. The Balaban J connectivity index is 0.000000146. The van der Waals surface area contributed by atoms with E-state index in [1.54, 1.807) is 97.1 Å². The first-order chi connectivity index (χ1) is 61.5. The van der Waals surface area contributed by atoms with E-state index in [1.807, 2.05) is 198 Å². The highest BCUT2D eigenvalue weighted by Crippen LogP contribution is 2.41. The summed E-state index contributed by atoms with van der Waals surface area (Å²) in [6, 6.07) is 74.4. The van der Waals surface area contributed by atoms with Crippen LogP contribution in [0.3, 0.4) is 0 Å². The summed E-state index contributed by atoms with van der Waals surface area (Å²) in [6.07, 6.45) is 18.9. The number of aliphatic imine (C=N–C) groups is 4.